The van der Waals surface area contributed by atoms with Crippen molar-refractivity contribution in [2.24, 2.45) is 0 Å². The van der Waals surface area contributed by atoms with Crippen molar-refractivity contribution in [1.29, 1.82) is 0 Å². The minimum absolute atomic E-state index is 0.232. The Hall–Kier alpha value is -2.35. The van der Waals surface area contributed by atoms with Gasteiger partial charge in [-0.05, 0) is 28.3 Å². The molecule has 1 aliphatic heterocycles. The van der Waals surface area contributed by atoms with Crippen molar-refractivity contribution >= 4 is 12.0 Å². The van der Waals surface area contributed by atoms with Crippen LogP contribution in [0, 0.1) is 0 Å². The second-order valence-corrected chi connectivity index (χ2v) is 4.51. The first-order valence-electron chi connectivity index (χ1n) is 6.32. The number of hydrogen-bond donors (Lipinski definition) is 0. The van der Waals surface area contributed by atoms with Gasteiger partial charge in [0.2, 0.25) is 0 Å². The highest BCUT2D eigenvalue weighted by molar-refractivity contribution is 5.95. The number of benzene rings is 2. The predicted molar refractivity (Wildman–Crippen MR) is 76.0 cm³/mol. The maximum atomic E-state index is 11.7. The van der Waals surface area contributed by atoms with Crippen LogP contribution >= 0.6 is 0 Å². The first-order valence-corrected chi connectivity index (χ1v) is 6.32. The van der Waals surface area contributed by atoms with E-state index in [1.165, 1.54) is 0 Å². The Balaban J connectivity index is 2.23. The van der Waals surface area contributed by atoms with E-state index in [1.807, 2.05) is 36.4 Å². The summed E-state index contributed by atoms with van der Waals surface area (Å²) in [5.74, 6) is -0.232. The Morgan fingerprint density at radius 1 is 1.05 bits per heavy atom. The van der Waals surface area contributed by atoms with E-state index in [0.717, 1.165) is 28.7 Å². The Bertz CT molecular complexity index is 642. The van der Waals surface area contributed by atoms with E-state index in [0.29, 0.717) is 12.2 Å². The van der Waals surface area contributed by atoms with Crippen molar-refractivity contribution in [2.45, 2.75) is 6.42 Å². The van der Waals surface area contributed by atoms with Gasteiger partial charge >= 0.3 is 5.97 Å². The first-order chi connectivity index (χ1) is 9.31. The molecule has 94 valence electrons. The van der Waals surface area contributed by atoms with Crippen molar-refractivity contribution in [3.05, 3.63) is 65.7 Å². The van der Waals surface area contributed by atoms with E-state index in [9.17, 15) is 4.79 Å². The summed E-state index contributed by atoms with van der Waals surface area (Å²) in [5.41, 5.74) is 5.01. The second-order valence-electron chi connectivity index (χ2n) is 4.51. The summed E-state index contributed by atoms with van der Waals surface area (Å²) >= 11 is 0. The molecule has 0 saturated carbocycles. The quantitative estimate of drug-likeness (QED) is 0.759. The lowest BCUT2D eigenvalue weighted by Gasteiger charge is -2.20. The van der Waals surface area contributed by atoms with Crippen LogP contribution in [0.5, 0.6) is 0 Å². The topological polar surface area (TPSA) is 26.3 Å². The summed E-state index contributed by atoms with van der Waals surface area (Å²) in [5, 5.41) is 0. The Morgan fingerprint density at radius 3 is 2.53 bits per heavy atom. The second kappa shape index (κ2) is 4.73. The number of fused-ring (bicyclic) bond motifs is 1. The van der Waals surface area contributed by atoms with Crippen LogP contribution in [0.4, 0.5) is 0 Å². The zero-order valence-corrected chi connectivity index (χ0v) is 10.6. The molecule has 0 N–H and O–H groups in total. The third-order valence-corrected chi connectivity index (χ3v) is 3.45. The highest BCUT2D eigenvalue weighted by atomic mass is 16.5. The molecule has 19 heavy (non-hydrogen) atoms. The highest BCUT2D eigenvalue weighted by Gasteiger charge is 2.22. The van der Waals surface area contributed by atoms with Crippen molar-refractivity contribution < 1.29 is 9.53 Å². The van der Waals surface area contributed by atoms with Gasteiger partial charge in [-0.1, -0.05) is 49.1 Å². The number of carbonyl (C=O) groups is 1. The van der Waals surface area contributed by atoms with Gasteiger partial charge in [-0.25, -0.2) is 4.79 Å². The zero-order chi connectivity index (χ0) is 13.2. The average molecular weight is 250 g/mol. The molecule has 2 heteroatoms. The molecule has 0 unspecified atom stereocenters. The van der Waals surface area contributed by atoms with Crippen LogP contribution in [0.25, 0.3) is 17.2 Å². The maximum Gasteiger partial charge on any atom is 0.338 e. The normalized spacial score (nSPS) is 13.6. The number of ether oxygens (including phenoxy) is 1. The van der Waals surface area contributed by atoms with Gasteiger partial charge in [0.05, 0.1) is 12.2 Å². The molecule has 0 fully saturated rings. The summed E-state index contributed by atoms with van der Waals surface area (Å²) < 4.78 is 5.08. The van der Waals surface area contributed by atoms with Crippen molar-refractivity contribution in [3.63, 3.8) is 0 Å². The van der Waals surface area contributed by atoms with E-state index in [1.54, 1.807) is 0 Å². The van der Waals surface area contributed by atoms with Crippen LogP contribution in [-0.4, -0.2) is 12.6 Å². The molecule has 3 rings (SSSR count). The van der Waals surface area contributed by atoms with Crippen molar-refractivity contribution in [3.8, 4) is 11.1 Å². The van der Waals surface area contributed by atoms with Gasteiger partial charge in [0.15, 0.2) is 0 Å². The van der Waals surface area contributed by atoms with E-state index in [-0.39, 0.29) is 5.97 Å². The number of hydrogen-bond acceptors (Lipinski definition) is 2. The Kier molecular flexibility index (Phi) is 2.92. The third kappa shape index (κ3) is 1.95. The Labute approximate surface area is 112 Å². The number of rotatable bonds is 2. The van der Waals surface area contributed by atoms with Crippen LogP contribution in [0.15, 0.2) is 49.0 Å². The SMILES string of the molecule is C=Cc1c(-c2ccccc2)ccc2c1CCOC2=O. The molecule has 1 heterocycles. The largest absolute Gasteiger partial charge is 0.462 e. The van der Waals surface area contributed by atoms with Gasteiger partial charge in [0.1, 0.15) is 0 Å². The molecule has 0 bridgehead atoms. The van der Waals surface area contributed by atoms with E-state index in [4.69, 9.17) is 4.74 Å². The van der Waals surface area contributed by atoms with Gasteiger partial charge in [-0.3, -0.25) is 0 Å². The molecule has 0 radical (unpaired) electrons. The molecule has 1 aliphatic rings. The molecule has 0 amide bonds. The van der Waals surface area contributed by atoms with Gasteiger partial charge < -0.3 is 4.74 Å². The molecule has 0 saturated heterocycles. The fourth-order valence-electron chi connectivity index (χ4n) is 2.55. The molecule has 0 atom stereocenters. The maximum absolute atomic E-state index is 11.7. The number of carbonyl (C=O) groups excluding carboxylic acids is 1. The summed E-state index contributed by atoms with van der Waals surface area (Å²) in [4.78, 5) is 11.7. The van der Waals surface area contributed by atoms with Gasteiger partial charge in [0, 0.05) is 6.42 Å². The van der Waals surface area contributed by atoms with Crippen LogP contribution in [0.2, 0.25) is 0 Å². The van der Waals surface area contributed by atoms with E-state index in [2.05, 4.69) is 18.7 Å². The fraction of sp³-hybridized carbons (Fsp3) is 0.118. The third-order valence-electron chi connectivity index (χ3n) is 3.45. The smallest absolute Gasteiger partial charge is 0.338 e. The molecule has 0 aromatic heterocycles. The highest BCUT2D eigenvalue weighted by Crippen LogP contribution is 2.31. The molecule has 2 aromatic carbocycles. The van der Waals surface area contributed by atoms with Gasteiger partial charge in [0.25, 0.3) is 0 Å². The minimum Gasteiger partial charge on any atom is -0.462 e. The lowest BCUT2D eigenvalue weighted by molar-refractivity contribution is 0.0480. The summed E-state index contributed by atoms with van der Waals surface area (Å²) in [7, 11) is 0. The van der Waals surface area contributed by atoms with E-state index >= 15 is 0 Å². The van der Waals surface area contributed by atoms with Crippen molar-refractivity contribution in [2.75, 3.05) is 6.61 Å². The predicted octanol–water partition coefficient (Wildman–Crippen LogP) is 3.71. The van der Waals surface area contributed by atoms with Crippen LogP contribution < -0.4 is 0 Å². The van der Waals surface area contributed by atoms with Gasteiger partial charge in [-0.15, -0.1) is 0 Å². The standard InChI is InChI=1S/C17H14O2/c1-2-13-14(12-6-4-3-5-7-12)8-9-16-15(13)10-11-19-17(16)18/h2-9H,1,10-11H2. The molecular formula is C17H14O2. The molecular weight excluding hydrogens is 236 g/mol. The fourth-order valence-corrected chi connectivity index (χ4v) is 2.55. The number of cyclic esters (lactones) is 1. The van der Waals surface area contributed by atoms with E-state index < -0.39 is 0 Å². The lowest BCUT2D eigenvalue weighted by atomic mass is 9.89. The summed E-state index contributed by atoms with van der Waals surface area (Å²) in [6.07, 6.45) is 2.59. The first kappa shape index (κ1) is 11.7. The average Bonchev–Trinajstić information content (AvgIpc) is 2.47. The monoisotopic (exact) mass is 250 g/mol. The zero-order valence-electron chi connectivity index (χ0n) is 10.6. The molecule has 2 aromatic rings. The van der Waals surface area contributed by atoms with Crippen LogP contribution in [0.1, 0.15) is 21.5 Å². The van der Waals surface area contributed by atoms with Gasteiger partial charge in [-0.2, -0.15) is 0 Å². The summed E-state index contributed by atoms with van der Waals surface area (Å²) in [6, 6.07) is 14.0. The number of esters is 1. The summed E-state index contributed by atoms with van der Waals surface area (Å²) in [6.45, 7) is 4.35. The minimum atomic E-state index is -0.232. The van der Waals surface area contributed by atoms with Crippen molar-refractivity contribution in [1.82, 2.24) is 0 Å². The molecule has 0 spiro atoms. The van der Waals surface area contributed by atoms with Crippen LogP contribution in [-0.2, 0) is 11.2 Å². The molecule has 2 nitrogen and oxygen atoms in total. The lowest BCUT2D eigenvalue weighted by Crippen LogP contribution is -2.18. The molecule has 0 aliphatic carbocycles. The van der Waals surface area contributed by atoms with Crippen LogP contribution in [0.3, 0.4) is 0 Å². The Morgan fingerprint density at radius 2 is 1.79 bits per heavy atom.